The van der Waals surface area contributed by atoms with E-state index in [9.17, 15) is 19.5 Å². The lowest BCUT2D eigenvalue weighted by Gasteiger charge is -2.23. The van der Waals surface area contributed by atoms with Crippen LogP contribution in [0.1, 0.15) is 40.0 Å². The minimum absolute atomic E-state index is 0.0173. The van der Waals surface area contributed by atoms with Crippen LogP contribution in [0.2, 0.25) is 0 Å². The SMILES string of the molecule is CCC1C[C@H](C(=O)N(C)CC(=O)NC(C)C)[C@H](C(=O)O)C1. The Morgan fingerprint density at radius 3 is 2.29 bits per heavy atom. The Hall–Kier alpha value is -1.59. The van der Waals surface area contributed by atoms with Gasteiger partial charge in [-0.2, -0.15) is 0 Å². The van der Waals surface area contributed by atoms with Gasteiger partial charge in [0, 0.05) is 13.1 Å². The number of likely N-dealkylation sites (N-methyl/N-ethyl adjacent to an activating group) is 1. The van der Waals surface area contributed by atoms with Gasteiger partial charge in [-0.1, -0.05) is 13.3 Å². The highest BCUT2D eigenvalue weighted by molar-refractivity contribution is 5.88. The molecule has 0 saturated heterocycles. The number of hydrogen-bond donors (Lipinski definition) is 2. The minimum Gasteiger partial charge on any atom is -0.481 e. The van der Waals surface area contributed by atoms with Gasteiger partial charge < -0.3 is 15.3 Å². The highest BCUT2D eigenvalue weighted by atomic mass is 16.4. The van der Waals surface area contributed by atoms with Gasteiger partial charge >= 0.3 is 5.97 Å². The smallest absolute Gasteiger partial charge is 0.307 e. The molecule has 6 heteroatoms. The lowest BCUT2D eigenvalue weighted by atomic mass is 9.95. The van der Waals surface area contributed by atoms with Crippen molar-refractivity contribution >= 4 is 17.8 Å². The average molecular weight is 298 g/mol. The Balaban J connectivity index is 2.67. The van der Waals surface area contributed by atoms with Gasteiger partial charge in [0.25, 0.3) is 0 Å². The molecule has 0 heterocycles. The molecule has 0 radical (unpaired) electrons. The molecule has 0 aromatic carbocycles. The third-order valence-electron chi connectivity index (χ3n) is 4.08. The molecule has 1 unspecified atom stereocenters. The molecule has 120 valence electrons. The molecule has 0 aromatic heterocycles. The quantitative estimate of drug-likeness (QED) is 0.769. The van der Waals surface area contributed by atoms with Crippen LogP contribution in [-0.2, 0) is 14.4 Å². The maximum absolute atomic E-state index is 12.4. The van der Waals surface area contributed by atoms with Gasteiger partial charge in [-0.25, -0.2) is 0 Å². The summed E-state index contributed by atoms with van der Waals surface area (Å²) in [4.78, 5) is 36.8. The number of carboxylic acids is 1. The van der Waals surface area contributed by atoms with E-state index in [1.54, 1.807) is 7.05 Å². The molecule has 6 nitrogen and oxygen atoms in total. The van der Waals surface area contributed by atoms with E-state index in [1.807, 2.05) is 20.8 Å². The molecule has 21 heavy (non-hydrogen) atoms. The Morgan fingerprint density at radius 2 is 1.81 bits per heavy atom. The maximum Gasteiger partial charge on any atom is 0.307 e. The van der Waals surface area contributed by atoms with Gasteiger partial charge in [0.15, 0.2) is 0 Å². The fourth-order valence-corrected chi connectivity index (χ4v) is 2.97. The summed E-state index contributed by atoms with van der Waals surface area (Å²) < 4.78 is 0. The van der Waals surface area contributed by atoms with Crippen molar-refractivity contribution in [2.45, 2.75) is 46.1 Å². The zero-order chi connectivity index (χ0) is 16.2. The molecule has 2 amide bonds. The standard InChI is InChI=1S/C15H26N2O4/c1-5-10-6-11(12(7-10)15(20)21)14(19)17(4)8-13(18)16-9(2)3/h9-12H,5-8H2,1-4H3,(H,16,18)(H,20,21)/t10?,11-,12+/m0/s1. The van der Waals surface area contributed by atoms with Crippen LogP contribution in [-0.4, -0.2) is 47.4 Å². The number of nitrogens with one attached hydrogen (secondary N) is 1. The summed E-state index contributed by atoms with van der Waals surface area (Å²) in [7, 11) is 1.56. The second-order valence-electron chi connectivity index (χ2n) is 6.21. The van der Waals surface area contributed by atoms with Crippen molar-refractivity contribution in [1.29, 1.82) is 0 Å². The molecule has 0 bridgehead atoms. The molecule has 0 aromatic rings. The van der Waals surface area contributed by atoms with Crippen LogP contribution in [0.5, 0.6) is 0 Å². The van der Waals surface area contributed by atoms with Crippen LogP contribution in [0.4, 0.5) is 0 Å². The second kappa shape index (κ2) is 7.43. The first-order valence-corrected chi connectivity index (χ1v) is 7.53. The number of carboxylic acid groups (broad SMARTS) is 1. The van der Waals surface area contributed by atoms with E-state index in [1.165, 1.54) is 4.90 Å². The average Bonchev–Trinajstić information content (AvgIpc) is 2.80. The Bertz CT molecular complexity index is 408. The summed E-state index contributed by atoms with van der Waals surface area (Å²) in [6.45, 7) is 5.68. The molecule has 1 rings (SSSR count). The van der Waals surface area contributed by atoms with E-state index < -0.39 is 17.8 Å². The topological polar surface area (TPSA) is 86.7 Å². The molecule has 3 atom stereocenters. The number of rotatable bonds is 6. The zero-order valence-corrected chi connectivity index (χ0v) is 13.3. The molecular weight excluding hydrogens is 272 g/mol. The summed E-state index contributed by atoms with van der Waals surface area (Å²) >= 11 is 0. The lowest BCUT2D eigenvalue weighted by Crippen LogP contribution is -2.44. The first kappa shape index (κ1) is 17.5. The van der Waals surface area contributed by atoms with Crippen molar-refractivity contribution in [2.75, 3.05) is 13.6 Å². The molecule has 0 spiro atoms. The highest BCUT2D eigenvalue weighted by Crippen LogP contribution is 2.39. The van der Waals surface area contributed by atoms with Crippen LogP contribution in [0.25, 0.3) is 0 Å². The van der Waals surface area contributed by atoms with E-state index in [0.29, 0.717) is 12.8 Å². The monoisotopic (exact) mass is 298 g/mol. The van der Waals surface area contributed by atoms with Gasteiger partial charge in [-0.3, -0.25) is 14.4 Å². The van der Waals surface area contributed by atoms with Crippen molar-refractivity contribution in [3.63, 3.8) is 0 Å². The summed E-state index contributed by atoms with van der Waals surface area (Å²) in [5.74, 6) is -2.24. The van der Waals surface area contributed by atoms with Crippen LogP contribution < -0.4 is 5.32 Å². The van der Waals surface area contributed by atoms with E-state index in [4.69, 9.17) is 0 Å². The molecule has 1 aliphatic rings. The van der Waals surface area contributed by atoms with Crippen molar-refractivity contribution in [1.82, 2.24) is 10.2 Å². The van der Waals surface area contributed by atoms with Crippen LogP contribution >= 0.6 is 0 Å². The normalized spacial score (nSPS) is 24.9. The predicted octanol–water partition coefficient (Wildman–Crippen LogP) is 1.11. The largest absolute Gasteiger partial charge is 0.481 e. The molecule has 2 N–H and O–H groups in total. The van der Waals surface area contributed by atoms with Crippen LogP contribution in [0, 0.1) is 17.8 Å². The molecule has 1 saturated carbocycles. The van der Waals surface area contributed by atoms with Gasteiger partial charge in [-0.05, 0) is 32.6 Å². The zero-order valence-electron chi connectivity index (χ0n) is 13.3. The van der Waals surface area contributed by atoms with Crippen molar-refractivity contribution in [2.24, 2.45) is 17.8 Å². The number of carbonyl (C=O) groups excluding carboxylic acids is 2. The highest BCUT2D eigenvalue weighted by Gasteiger charge is 2.43. The van der Waals surface area contributed by atoms with E-state index in [0.717, 1.165) is 6.42 Å². The number of carbonyl (C=O) groups is 3. The Morgan fingerprint density at radius 1 is 1.24 bits per heavy atom. The van der Waals surface area contributed by atoms with Gasteiger partial charge in [0.2, 0.25) is 11.8 Å². The summed E-state index contributed by atoms with van der Waals surface area (Å²) in [5.41, 5.74) is 0. The van der Waals surface area contributed by atoms with Gasteiger partial charge in [0.1, 0.15) is 0 Å². The lowest BCUT2D eigenvalue weighted by molar-refractivity contribution is -0.149. The molecular formula is C15H26N2O4. The molecule has 1 aliphatic carbocycles. The van der Waals surface area contributed by atoms with E-state index >= 15 is 0 Å². The number of aliphatic carboxylic acids is 1. The maximum atomic E-state index is 12.4. The minimum atomic E-state index is -0.913. The number of amides is 2. The predicted molar refractivity (Wildman–Crippen MR) is 78.5 cm³/mol. The van der Waals surface area contributed by atoms with Crippen molar-refractivity contribution in [3.8, 4) is 0 Å². The van der Waals surface area contributed by atoms with Gasteiger partial charge in [-0.15, -0.1) is 0 Å². The molecule has 1 fully saturated rings. The van der Waals surface area contributed by atoms with Gasteiger partial charge in [0.05, 0.1) is 18.4 Å². The summed E-state index contributed by atoms with van der Waals surface area (Å²) in [6.07, 6.45) is 2.03. The van der Waals surface area contributed by atoms with Crippen molar-refractivity contribution in [3.05, 3.63) is 0 Å². The Kier molecular flexibility index (Phi) is 6.18. The fourth-order valence-electron chi connectivity index (χ4n) is 2.97. The first-order valence-electron chi connectivity index (χ1n) is 7.53. The Labute approximate surface area is 125 Å². The van der Waals surface area contributed by atoms with Crippen LogP contribution in [0.3, 0.4) is 0 Å². The molecule has 0 aliphatic heterocycles. The van der Waals surface area contributed by atoms with E-state index in [-0.39, 0.29) is 30.3 Å². The number of nitrogens with zero attached hydrogens (tertiary/aromatic N) is 1. The van der Waals surface area contributed by atoms with Crippen LogP contribution in [0.15, 0.2) is 0 Å². The van der Waals surface area contributed by atoms with Crippen molar-refractivity contribution < 1.29 is 19.5 Å². The third kappa shape index (κ3) is 4.72. The number of hydrogen-bond acceptors (Lipinski definition) is 3. The third-order valence-corrected chi connectivity index (χ3v) is 4.08. The second-order valence-corrected chi connectivity index (χ2v) is 6.21. The first-order chi connectivity index (χ1) is 9.76. The fraction of sp³-hybridized carbons (Fsp3) is 0.800. The summed E-state index contributed by atoms with van der Waals surface area (Å²) in [6, 6.07) is 0.0173. The summed E-state index contributed by atoms with van der Waals surface area (Å²) in [5, 5.41) is 12.0. The van der Waals surface area contributed by atoms with E-state index in [2.05, 4.69) is 5.32 Å².